The van der Waals surface area contributed by atoms with E-state index < -0.39 is 10.0 Å². The molecular weight excluding hydrogens is 202 g/mol. The van der Waals surface area contributed by atoms with E-state index in [-0.39, 0.29) is 4.90 Å². The van der Waals surface area contributed by atoms with Gasteiger partial charge in [-0.1, -0.05) is 0 Å². The van der Waals surface area contributed by atoms with Crippen molar-refractivity contribution >= 4 is 15.7 Å². The number of azo groups is 1. The highest BCUT2D eigenvalue weighted by molar-refractivity contribution is 7.89. The Hall–Kier alpha value is -1.27. The van der Waals surface area contributed by atoms with Crippen molar-refractivity contribution in [3.05, 3.63) is 24.3 Å². The van der Waals surface area contributed by atoms with E-state index in [9.17, 15) is 8.42 Å². The number of rotatable bonds is 3. The third kappa shape index (κ3) is 2.90. The average molecular weight is 213 g/mol. The van der Waals surface area contributed by atoms with Crippen molar-refractivity contribution in [1.29, 1.82) is 0 Å². The summed E-state index contributed by atoms with van der Waals surface area (Å²) in [5.74, 6) is 0. The molecule has 0 unspecified atom stereocenters. The van der Waals surface area contributed by atoms with Crippen LogP contribution >= 0.6 is 0 Å². The van der Waals surface area contributed by atoms with Crippen LogP contribution in [0.1, 0.15) is 6.92 Å². The summed E-state index contributed by atoms with van der Waals surface area (Å²) in [5, 5.41) is 12.5. The average Bonchev–Trinajstić information content (AvgIpc) is 2.14. The van der Waals surface area contributed by atoms with Crippen molar-refractivity contribution in [2.24, 2.45) is 15.4 Å². The molecule has 0 radical (unpaired) electrons. The molecule has 0 amide bonds. The first kappa shape index (κ1) is 10.8. The number of hydrogen-bond donors (Lipinski definition) is 1. The minimum Gasteiger partial charge on any atom is -0.225 e. The fourth-order valence-electron chi connectivity index (χ4n) is 0.855. The zero-order valence-electron chi connectivity index (χ0n) is 7.71. The zero-order chi connectivity index (χ0) is 10.6. The summed E-state index contributed by atoms with van der Waals surface area (Å²) in [6.45, 7) is 2.46. The van der Waals surface area contributed by atoms with Gasteiger partial charge < -0.3 is 0 Å². The van der Waals surface area contributed by atoms with Gasteiger partial charge in [0.05, 0.1) is 17.1 Å². The molecule has 0 atom stereocenters. The molecule has 0 heterocycles. The highest BCUT2D eigenvalue weighted by Gasteiger charge is 2.05. The fourth-order valence-corrected chi connectivity index (χ4v) is 1.37. The Balaban J connectivity index is 2.95. The largest absolute Gasteiger partial charge is 0.238 e. The van der Waals surface area contributed by atoms with Crippen LogP contribution in [-0.4, -0.2) is 15.0 Å². The van der Waals surface area contributed by atoms with Gasteiger partial charge in [0, 0.05) is 0 Å². The third-order valence-corrected chi connectivity index (χ3v) is 2.42. The van der Waals surface area contributed by atoms with Crippen molar-refractivity contribution < 1.29 is 8.42 Å². The number of sulfonamides is 1. The maximum Gasteiger partial charge on any atom is 0.238 e. The Morgan fingerprint density at radius 1 is 1.29 bits per heavy atom. The van der Waals surface area contributed by atoms with Crippen LogP contribution < -0.4 is 5.14 Å². The standard InChI is InChI=1S/C8H11N3O2S/c1-2-10-11-7-3-5-8(6-4-7)14(9,12)13/h3-6H,2H2,1H3,(H2,9,12,13). The molecule has 0 spiro atoms. The van der Waals surface area contributed by atoms with Gasteiger partial charge in [0.15, 0.2) is 0 Å². The summed E-state index contributed by atoms with van der Waals surface area (Å²) in [6, 6.07) is 5.91. The van der Waals surface area contributed by atoms with Gasteiger partial charge in [0.1, 0.15) is 0 Å². The Morgan fingerprint density at radius 3 is 2.29 bits per heavy atom. The van der Waals surface area contributed by atoms with E-state index in [2.05, 4.69) is 10.2 Å². The third-order valence-electron chi connectivity index (χ3n) is 1.49. The van der Waals surface area contributed by atoms with Crippen LogP contribution in [0.5, 0.6) is 0 Å². The number of nitrogens with two attached hydrogens (primary N) is 1. The Bertz CT molecular complexity index is 422. The van der Waals surface area contributed by atoms with Crippen molar-refractivity contribution in [2.75, 3.05) is 6.54 Å². The summed E-state index contributed by atoms with van der Waals surface area (Å²) in [5.41, 5.74) is 0.610. The molecule has 0 bridgehead atoms. The van der Waals surface area contributed by atoms with Crippen LogP contribution in [0, 0.1) is 0 Å². The lowest BCUT2D eigenvalue weighted by molar-refractivity contribution is 0.598. The van der Waals surface area contributed by atoms with Crippen molar-refractivity contribution in [3.8, 4) is 0 Å². The lowest BCUT2D eigenvalue weighted by Crippen LogP contribution is -2.11. The Morgan fingerprint density at radius 2 is 1.86 bits per heavy atom. The summed E-state index contributed by atoms with van der Waals surface area (Å²) in [4.78, 5) is 0.0768. The molecule has 0 aliphatic heterocycles. The lowest BCUT2D eigenvalue weighted by atomic mass is 10.3. The van der Waals surface area contributed by atoms with E-state index in [1.54, 1.807) is 12.1 Å². The molecule has 0 saturated heterocycles. The first-order chi connectivity index (χ1) is 6.54. The monoisotopic (exact) mass is 213 g/mol. The van der Waals surface area contributed by atoms with Gasteiger partial charge in [-0.25, -0.2) is 13.6 Å². The summed E-state index contributed by atoms with van der Waals surface area (Å²) in [6.07, 6.45) is 0. The van der Waals surface area contributed by atoms with Gasteiger partial charge >= 0.3 is 0 Å². The number of hydrogen-bond acceptors (Lipinski definition) is 4. The van der Waals surface area contributed by atoms with Crippen LogP contribution in [0.3, 0.4) is 0 Å². The highest BCUT2D eigenvalue weighted by Crippen LogP contribution is 2.15. The second-order valence-corrected chi connectivity index (χ2v) is 4.16. The Labute approximate surface area is 82.7 Å². The minimum atomic E-state index is -3.61. The van der Waals surface area contributed by atoms with Crippen molar-refractivity contribution in [2.45, 2.75) is 11.8 Å². The minimum absolute atomic E-state index is 0.0768. The van der Waals surface area contributed by atoms with Gasteiger partial charge in [-0.3, -0.25) is 0 Å². The van der Waals surface area contributed by atoms with E-state index in [1.807, 2.05) is 6.92 Å². The van der Waals surface area contributed by atoms with Gasteiger partial charge in [-0.15, -0.1) is 0 Å². The normalized spacial score (nSPS) is 12.1. The maximum atomic E-state index is 10.9. The molecule has 1 aromatic carbocycles. The van der Waals surface area contributed by atoms with E-state index in [4.69, 9.17) is 5.14 Å². The fraction of sp³-hybridized carbons (Fsp3) is 0.250. The van der Waals surface area contributed by atoms with E-state index >= 15 is 0 Å². The molecule has 0 fully saturated rings. The first-order valence-corrected chi connectivity index (χ1v) is 5.59. The second-order valence-electron chi connectivity index (χ2n) is 2.60. The number of benzene rings is 1. The number of primary sulfonamides is 1. The van der Waals surface area contributed by atoms with Crippen LogP contribution in [-0.2, 0) is 10.0 Å². The summed E-state index contributed by atoms with van der Waals surface area (Å²) in [7, 11) is -3.61. The van der Waals surface area contributed by atoms with Gasteiger partial charge in [0.2, 0.25) is 10.0 Å². The quantitative estimate of drug-likeness (QED) is 0.770. The van der Waals surface area contributed by atoms with Crippen LogP contribution in [0.15, 0.2) is 39.4 Å². The maximum absolute atomic E-state index is 10.9. The molecule has 5 nitrogen and oxygen atoms in total. The molecular formula is C8H11N3O2S. The molecule has 2 N–H and O–H groups in total. The molecule has 1 aromatic rings. The molecule has 6 heteroatoms. The van der Waals surface area contributed by atoms with E-state index in [0.717, 1.165) is 0 Å². The van der Waals surface area contributed by atoms with Crippen molar-refractivity contribution in [1.82, 2.24) is 0 Å². The molecule has 0 saturated carbocycles. The summed E-state index contributed by atoms with van der Waals surface area (Å²) >= 11 is 0. The van der Waals surface area contributed by atoms with Gasteiger partial charge in [-0.2, -0.15) is 10.2 Å². The van der Waals surface area contributed by atoms with Gasteiger partial charge in [0.25, 0.3) is 0 Å². The zero-order valence-corrected chi connectivity index (χ0v) is 8.53. The molecule has 0 aromatic heterocycles. The van der Waals surface area contributed by atoms with E-state index in [1.165, 1.54) is 12.1 Å². The second kappa shape index (κ2) is 4.30. The van der Waals surface area contributed by atoms with E-state index in [0.29, 0.717) is 12.2 Å². The number of nitrogens with zero attached hydrogens (tertiary/aromatic N) is 2. The molecule has 76 valence electrons. The predicted molar refractivity (Wildman–Crippen MR) is 52.9 cm³/mol. The lowest BCUT2D eigenvalue weighted by Gasteiger charge is -1.97. The molecule has 0 aliphatic carbocycles. The van der Waals surface area contributed by atoms with Gasteiger partial charge in [-0.05, 0) is 31.2 Å². The molecule has 0 aliphatic rings. The van der Waals surface area contributed by atoms with Crippen LogP contribution in [0.2, 0.25) is 0 Å². The topological polar surface area (TPSA) is 84.9 Å². The molecule has 1 rings (SSSR count). The SMILES string of the molecule is CCN=Nc1ccc(S(N)(=O)=O)cc1. The highest BCUT2D eigenvalue weighted by atomic mass is 32.2. The van der Waals surface area contributed by atoms with Crippen molar-refractivity contribution in [3.63, 3.8) is 0 Å². The predicted octanol–water partition coefficient (Wildman–Crippen LogP) is 1.44. The summed E-state index contributed by atoms with van der Waals surface area (Å²) < 4.78 is 21.8. The van der Waals surface area contributed by atoms with Crippen LogP contribution in [0.25, 0.3) is 0 Å². The first-order valence-electron chi connectivity index (χ1n) is 4.04. The molecule has 14 heavy (non-hydrogen) atoms. The smallest absolute Gasteiger partial charge is 0.225 e. The van der Waals surface area contributed by atoms with Crippen LogP contribution in [0.4, 0.5) is 5.69 Å². The Kier molecular flexibility index (Phi) is 3.32.